The van der Waals surface area contributed by atoms with Gasteiger partial charge in [0.2, 0.25) is 5.75 Å². The van der Waals surface area contributed by atoms with Crippen LogP contribution in [0.25, 0.3) is 10.9 Å². The van der Waals surface area contributed by atoms with Crippen LogP contribution in [0.5, 0.6) is 11.5 Å². The summed E-state index contributed by atoms with van der Waals surface area (Å²) in [5.41, 5.74) is 0.327. The predicted octanol–water partition coefficient (Wildman–Crippen LogP) is 3.67. The van der Waals surface area contributed by atoms with Crippen molar-refractivity contribution in [3.8, 4) is 11.5 Å². The van der Waals surface area contributed by atoms with Crippen molar-refractivity contribution < 1.29 is 14.4 Å². The van der Waals surface area contributed by atoms with Crippen LogP contribution in [0.2, 0.25) is 0 Å². The van der Waals surface area contributed by atoms with Gasteiger partial charge in [-0.2, -0.15) is 9.78 Å². The van der Waals surface area contributed by atoms with Crippen LogP contribution in [-0.2, 0) is 0 Å². The van der Waals surface area contributed by atoms with Crippen LogP contribution in [-0.4, -0.2) is 34.5 Å². The number of fused-ring (bicyclic) bond motifs is 1. The number of ether oxygens (including phenoxy) is 2. The maximum atomic E-state index is 12.8. The number of nitrogens with zero attached hydrogens (tertiary/aromatic N) is 4. The second-order valence-electron chi connectivity index (χ2n) is 5.94. The lowest BCUT2D eigenvalue weighted by Crippen LogP contribution is -2.20. The molecule has 0 fully saturated rings. The molecule has 1 heterocycles. The van der Waals surface area contributed by atoms with Gasteiger partial charge in [-0.25, -0.2) is 4.98 Å². The highest BCUT2D eigenvalue weighted by Crippen LogP contribution is 2.37. The number of hydrogen-bond acceptors (Lipinski definition) is 7. The first kappa shape index (κ1) is 20.5. The van der Waals surface area contributed by atoms with Gasteiger partial charge in [-0.05, 0) is 38.1 Å². The maximum Gasteiger partial charge on any atom is 0.315 e. The third-order valence-electron chi connectivity index (χ3n) is 4.06. The first-order chi connectivity index (χ1) is 13.8. The molecule has 0 radical (unpaired) electrons. The van der Waals surface area contributed by atoms with E-state index in [9.17, 15) is 14.9 Å². The Labute approximate surface area is 173 Å². The molecular formula is C19H17BrN4O5. The molecule has 0 aliphatic rings. The van der Waals surface area contributed by atoms with E-state index < -0.39 is 4.92 Å². The van der Waals surface area contributed by atoms with Crippen molar-refractivity contribution >= 4 is 38.7 Å². The van der Waals surface area contributed by atoms with Gasteiger partial charge in [0, 0.05) is 16.1 Å². The van der Waals surface area contributed by atoms with Gasteiger partial charge in [-0.15, -0.1) is 0 Å². The van der Waals surface area contributed by atoms with Crippen LogP contribution in [0.4, 0.5) is 5.69 Å². The van der Waals surface area contributed by atoms with Gasteiger partial charge in [0.05, 0.1) is 35.8 Å². The van der Waals surface area contributed by atoms with Crippen LogP contribution in [0.3, 0.4) is 0 Å². The van der Waals surface area contributed by atoms with E-state index in [1.165, 1.54) is 19.4 Å². The van der Waals surface area contributed by atoms with Crippen molar-refractivity contribution in [1.29, 1.82) is 0 Å². The third kappa shape index (κ3) is 4.11. The molecule has 0 saturated heterocycles. The monoisotopic (exact) mass is 460 g/mol. The van der Waals surface area contributed by atoms with Crippen molar-refractivity contribution in [2.75, 3.05) is 13.7 Å². The van der Waals surface area contributed by atoms with Crippen molar-refractivity contribution in [3.05, 3.63) is 66.7 Å². The zero-order valence-electron chi connectivity index (χ0n) is 15.9. The summed E-state index contributed by atoms with van der Waals surface area (Å²) in [6.07, 6.45) is 1.34. The van der Waals surface area contributed by atoms with Crippen LogP contribution in [0.15, 0.2) is 44.7 Å². The second-order valence-corrected chi connectivity index (χ2v) is 6.86. The minimum Gasteiger partial charge on any atom is -0.493 e. The molecule has 0 amide bonds. The number of aryl methyl sites for hydroxylation is 1. The molecular weight excluding hydrogens is 444 g/mol. The molecule has 0 saturated carbocycles. The second kappa shape index (κ2) is 8.39. The molecule has 9 nitrogen and oxygen atoms in total. The van der Waals surface area contributed by atoms with E-state index in [2.05, 4.69) is 26.0 Å². The van der Waals surface area contributed by atoms with Gasteiger partial charge >= 0.3 is 5.69 Å². The number of nitro benzene ring substituents is 1. The van der Waals surface area contributed by atoms with Gasteiger partial charge in [0.1, 0.15) is 5.82 Å². The standard InChI is InChI=1S/C19H17BrN4O5/c1-4-29-18-16(24(26)27)7-12(8-17(18)28-3)10-21-23-11(2)22-15-6-5-13(20)9-14(15)19(23)25/h5-10H,4H2,1-3H3. The van der Waals surface area contributed by atoms with Crippen LogP contribution in [0.1, 0.15) is 18.3 Å². The first-order valence-corrected chi connectivity index (χ1v) is 9.37. The normalized spacial score (nSPS) is 11.2. The van der Waals surface area contributed by atoms with Gasteiger partial charge in [-0.1, -0.05) is 15.9 Å². The Balaban J connectivity index is 2.12. The Bertz CT molecular complexity index is 1190. The number of hydrogen-bond donors (Lipinski definition) is 0. The summed E-state index contributed by atoms with van der Waals surface area (Å²) in [5.74, 6) is 0.628. The quantitative estimate of drug-likeness (QED) is 0.315. The highest BCUT2D eigenvalue weighted by Gasteiger charge is 2.21. The van der Waals surface area contributed by atoms with E-state index in [1.54, 1.807) is 38.1 Å². The Morgan fingerprint density at radius 3 is 2.76 bits per heavy atom. The van der Waals surface area contributed by atoms with Crippen LogP contribution in [0, 0.1) is 17.0 Å². The number of aromatic nitrogens is 2. The van der Waals surface area contributed by atoms with Gasteiger partial charge in [-0.3, -0.25) is 14.9 Å². The van der Waals surface area contributed by atoms with Crippen molar-refractivity contribution in [3.63, 3.8) is 0 Å². The Hall–Kier alpha value is -3.27. The molecule has 3 aromatic rings. The molecule has 0 N–H and O–H groups in total. The molecule has 0 spiro atoms. The molecule has 29 heavy (non-hydrogen) atoms. The summed E-state index contributed by atoms with van der Waals surface area (Å²) in [6.45, 7) is 3.62. The van der Waals surface area contributed by atoms with E-state index in [4.69, 9.17) is 9.47 Å². The molecule has 0 atom stereocenters. The fourth-order valence-corrected chi connectivity index (χ4v) is 3.14. The lowest BCUT2D eigenvalue weighted by molar-refractivity contribution is -0.385. The van der Waals surface area contributed by atoms with E-state index in [1.807, 2.05) is 0 Å². The van der Waals surface area contributed by atoms with Crippen LogP contribution >= 0.6 is 15.9 Å². The molecule has 1 aromatic heterocycles. The van der Waals surface area contributed by atoms with Crippen molar-refractivity contribution in [2.24, 2.45) is 5.10 Å². The Morgan fingerprint density at radius 2 is 2.10 bits per heavy atom. The fourth-order valence-electron chi connectivity index (χ4n) is 2.78. The molecule has 0 aliphatic carbocycles. The van der Waals surface area contributed by atoms with Crippen molar-refractivity contribution in [2.45, 2.75) is 13.8 Å². The zero-order chi connectivity index (χ0) is 21.1. The summed E-state index contributed by atoms with van der Waals surface area (Å²) in [4.78, 5) is 28.1. The summed E-state index contributed by atoms with van der Waals surface area (Å²) in [5, 5.41) is 16.0. The molecule has 3 rings (SSSR count). The topological polar surface area (TPSA) is 109 Å². The Morgan fingerprint density at radius 1 is 1.34 bits per heavy atom. The largest absolute Gasteiger partial charge is 0.493 e. The number of rotatable bonds is 6. The lowest BCUT2D eigenvalue weighted by atomic mass is 10.2. The number of nitro groups is 1. The molecule has 0 unspecified atom stereocenters. The van der Waals surface area contributed by atoms with Crippen molar-refractivity contribution in [1.82, 2.24) is 9.66 Å². The number of halogens is 1. The van der Waals surface area contributed by atoms with Gasteiger partial charge in [0.15, 0.2) is 5.75 Å². The molecule has 150 valence electrons. The highest BCUT2D eigenvalue weighted by molar-refractivity contribution is 9.10. The summed E-state index contributed by atoms with van der Waals surface area (Å²) in [7, 11) is 1.39. The zero-order valence-corrected chi connectivity index (χ0v) is 17.5. The average molecular weight is 461 g/mol. The summed E-state index contributed by atoms with van der Waals surface area (Å²) >= 11 is 3.34. The number of benzene rings is 2. The highest BCUT2D eigenvalue weighted by atomic mass is 79.9. The third-order valence-corrected chi connectivity index (χ3v) is 4.55. The predicted molar refractivity (Wildman–Crippen MR) is 112 cm³/mol. The smallest absolute Gasteiger partial charge is 0.315 e. The lowest BCUT2D eigenvalue weighted by Gasteiger charge is -2.10. The molecule has 10 heteroatoms. The van der Waals surface area contributed by atoms with E-state index in [0.29, 0.717) is 22.3 Å². The fraction of sp³-hybridized carbons (Fsp3) is 0.211. The first-order valence-electron chi connectivity index (χ1n) is 8.58. The van der Waals surface area contributed by atoms with Crippen LogP contribution < -0.4 is 15.0 Å². The van der Waals surface area contributed by atoms with Gasteiger partial charge in [0.25, 0.3) is 5.56 Å². The Kier molecular flexibility index (Phi) is 5.92. The molecule has 0 aliphatic heterocycles. The van der Waals surface area contributed by atoms with Gasteiger partial charge < -0.3 is 9.47 Å². The van der Waals surface area contributed by atoms with E-state index >= 15 is 0 Å². The maximum absolute atomic E-state index is 12.8. The minimum atomic E-state index is -0.558. The van der Waals surface area contributed by atoms with E-state index in [0.717, 1.165) is 9.15 Å². The number of methoxy groups -OCH3 is 1. The summed E-state index contributed by atoms with van der Waals surface area (Å²) in [6, 6.07) is 8.06. The summed E-state index contributed by atoms with van der Waals surface area (Å²) < 4.78 is 12.5. The average Bonchev–Trinajstić information content (AvgIpc) is 2.69. The molecule has 0 bridgehead atoms. The van der Waals surface area contributed by atoms with E-state index in [-0.39, 0.29) is 29.4 Å². The SMILES string of the molecule is CCOc1c(OC)cc(C=Nn2c(C)nc3ccc(Br)cc3c2=O)cc1[N+](=O)[O-]. The minimum absolute atomic E-state index is 0.0442. The molecule has 2 aromatic carbocycles.